The fourth-order valence-electron chi connectivity index (χ4n) is 1.75. The summed E-state index contributed by atoms with van der Waals surface area (Å²) >= 11 is 0. The van der Waals surface area contributed by atoms with Crippen LogP contribution in [0.3, 0.4) is 0 Å². The fraction of sp³-hybridized carbons (Fsp3) is 0.900. The van der Waals surface area contributed by atoms with Crippen molar-refractivity contribution in [1.29, 1.82) is 0 Å². The van der Waals surface area contributed by atoms with Gasteiger partial charge in [0.25, 0.3) is 0 Å². The van der Waals surface area contributed by atoms with E-state index in [0.29, 0.717) is 0 Å². The third-order valence-electron chi connectivity index (χ3n) is 2.77. The van der Waals surface area contributed by atoms with Gasteiger partial charge in [-0.2, -0.15) is 0 Å². The number of amides is 1. The fourth-order valence-corrected chi connectivity index (χ4v) is 1.75. The highest BCUT2D eigenvalue weighted by Gasteiger charge is 2.22. The second-order valence-corrected chi connectivity index (χ2v) is 3.68. The van der Waals surface area contributed by atoms with Crippen LogP contribution in [0, 0.1) is 5.92 Å². The number of aliphatic hydroxyl groups is 1. The molecular weight excluding hydrogens is 182 g/mol. The molecule has 1 heterocycles. The molecular formula is C10H19NO3. The molecule has 0 bridgehead atoms. The maximum atomic E-state index is 11.3. The van der Waals surface area contributed by atoms with Gasteiger partial charge in [0.05, 0.1) is 6.61 Å². The first kappa shape index (κ1) is 11.3. The van der Waals surface area contributed by atoms with E-state index in [4.69, 9.17) is 9.84 Å². The van der Waals surface area contributed by atoms with Gasteiger partial charge < -0.3 is 14.7 Å². The summed E-state index contributed by atoms with van der Waals surface area (Å²) in [5.74, 6) is 0.761. The highest BCUT2D eigenvalue weighted by molar-refractivity contribution is 5.67. The number of hydrogen-bond donors (Lipinski definition) is 1. The van der Waals surface area contributed by atoms with Crippen molar-refractivity contribution in [1.82, 2.24) is 4.90 Å². The molecule has 1 N–H and O–H groups in total. The molecule has 1 aliphatic rings. The third kappa shape index (κ3) is 3.18. The second-order valence-electron chi connectivity index (χ2n) is 3.68. The molecule has 4 nitrogen and oxygen atoms in total. The molecule has 1 saturated heterocycles. The summed E-state index contributed by atoms with van der Waals surface area (Å²) < 4.78 is 4.84. The SMILES string of the molecule is CCC1CCN(C(=O)OCCO)CC1. The molecule has 0 aromatic heterocycles. The van der Waals surface area contributed by atoms with Crippen molar-refractivity contribution in [3.63, 3.8) is 0 Å². The zero-order chi connectivity index (χ0) is 10.4. The Balaban J connectivity index is 2.23. The number of piperidine rings is 1. The zero-order valence-electron chi connectivity index (χ0n) is 8.74. The van der Waals surface area contributed by atoms with Crippen LogP contribution >= 0.6 is 0 Å². The number of hydrogen-bond acceptors (Lipinski definition) is 3. The van der Waals surface area contributed by atoms with E-state index < -0.39 is 0 Å². The molecule has 0 radical (unpaired) electrons. The van der Waals surface area contributed by atoms with Crippen LogP contribution < -0.4 is 0 Å². The zero-order valence-corrected chi connectivity index (χ0v) is 8.74. The van der Waals surface area contributed by atoms with Gasteiger partial charge in [-0.15, -0.1) is 0 Å². The molecule has 0 aromatic rings. The van der Waals surface area contributed by atoms with Crippen molar-refractivity contribution < 1.29 is 14.6 Å². The number of rotatable bonds is 3. The van der Waals surface area contributed by atoms with Crippen LogP contribution in [0.25, 0.3) is 0 Å². The summed E-state index contributed by atoms with van der Waals surface area (Å²) in [7, 11) is 0. The minimum absolute atomic E-state index is 0.100. The van der Waals surface area contributed by atoms with Crippen LogP contribution in [-0.4, -0.2) is 42.4 Å². The predicted molar refractivity (Wildman–Crippen MR) is 53.0 cm³/mol. The van der Waals surface area contributed by atoms with Gasteiger partial charge >= 0.3 is 6.09 Å². The number of likely N-dealkylation sites (tertiary alicyclic amines) is 1. The summed E-state index contributed by atoms with van der Waals surface area (Å²) in [6.07, 6.45) is 3.06. The normalized spacial score (nSPS) is 18.3. The van der Waals surface area contributed by atoms with Gasteiger partial charge in [-0.05, 0) is 18.8 Å². The molecule has 4 heteroatoms. The molecule has 14 heavy (non-hydrogen) atoms. The van der Waals surface area contributed by atoms with Crippen LogP contribution in [0.2, 0.25) is 0 Å². The molecule has 0 aromatic carbocycles. The van der Waals surface area contributed by atoms with E-state index in [1.54, 1.807) is 4.90 Å². The smallest absolute Gasteiger partial charge is 0.409 e. The van der Waals surface area contributed by atoms with Gasteiger partial charge in [0.1, 0.15) is 6.61 Å². The molecule has 0 unspecified atom stereocenters. The molecule has 1 fully saturated rings. The molecule has 0 spiro atoms. The van der Waals surface area contributed by atoms with Crippen LogP contribution in [0.15, 0.2) is 0 Å². The maximum Gasteiger partial charge on any atom is 0.409 e. The lowest BCUT2D eigenvalue weighted by atomic mass is 9.95. The summed E-state index contributed by atoms with van der Waals surface area (Å²) in [6, 6.07) is 0. The Hall–Kier alpha value is -0.770. The van der Waals surface area contributed by atoms with Gasteiger partial charge in [-0.3, -0.25) is 0 Å². The number of carbonyl (C=O) groups is 1. The van der Waals surface area contributed by atoms with Crippen molar-refractivity contribution in [3.05, 3.63) is 0 Å². The van der Waals surface area contributed by atoms with Crippen LogP contribution in [-0.2, 0) is 4.74 Å². The molecule has 1 amide bonds. The lowest BCUT2D eigenvalue weighted by molar-refractivity contribution is 0.0726. The Bertz CT molecular complexity index is 176. The number of carbonyl (C=O) groups excluding carboxylic acids is 1. The van der Waals surface area contributed by atoms with E-state index in [-0.39, 0.29) is 19.3 Å². The van der Waals surface area contributed by atoms with E-state index in [2.05, 4.69) is 6.92 Å². The Morgan fingerprint density at radius 2 is 2.14 bits per heavy atom. The standard InChI is InChI=1S/C10H19NO3/c1-2-9-3-5-11(6-4-9)10(13)14-8-7-12/h9,12H,2-8H2,1H3. The summed E-state index contributed by atoms with van der Waals surface area (Å²) in [5.41, 5.74) is 0. The molecule has 1 rings (SSSR count). The van der Waals surface area contributed by atoms with E-state index in [1.807, 2.05) is 0 Å². The first-order valence-corrected chi connectivity index (χ1v) is 5.30. The van der Waals surface area contributed by atoms with Gasteiger partial charge in [-0.1, -0.05) is 13.3 Å². The second kappa shape index (κ2) is 5.86. The average molecular weight is 201 g/mol. The van der Waals surface area contributed by atoms with Gasteiger partial charge in [0.2, 0.25) is 0 Å². The highest BCUT2D eigenvalue weighted by Crippen LogP contribution is 2.20. The largest absolute Gasteiger partial charge is 0.447 e. The van der Waals surface area contributed by atoms with Crippen molar-refractivity contribution in [2.45, 2.75) is 26.2 Å². The lowest BCUT2D eigenvalue weighted by Crippen LogP contribution is -2.39. The number of ether oxygens (including phenoxy) is 1. The number of aliphatic hydroxyl groups excluding tert-OH is 1. The lowest BCUT2D eigenvalue weighted by Gasteiger charge is -2.30. The first-order valence-electron chi connectivity index (χ1n) is 5.30. The monoisotopic (exact) mass is 201 g/mol. The Morgan fingerprint density at radius 1 is 1.50 bits per heavy atom. The minimum Gasteiger partial charge on any atom is -0.447 e. The summed E-state index contributed by atoms with van der Waals surface area (Å²) in [4.78, 5) is 13.1. The molecule has 0 aliphatic carbocycles. The topological polar surface area (TPSA) is 49.8 Å². The van der Waals surface area contributed by atoms with Crippen LogP contribution in [0.1, 0.15) is 26.2 Å². The quantitative estimate of drug-likeness (QED) is 0.747. The third-order valence-corrected chi connectivity index (χ3v) is 2.77. The van der Waals surface area contributed by atoms with E-state index in [0.717, 1.165) is 31.8 Å². The summed E-state index contributed by atoms with van der Waals surface area (Å²) in [5, 5.41) is 8.50. The van der Waals surface area contributed by atoms with Gasteiger partial charge in [0, 0.05) is 13.1 Å². The molecule has 0 atom stereocenters. The van der Waals surface area contributed by atoms with Crippen LogP contribution in [0.5, 0.6) is 0 Å². The van der Waals surface area contributed by atoms with Gasteiger partial charge in [-0.25, -0.2) is 4.79 Å². The first-order chi connectivity index (χ1) is 6.77. The van der Waals surface area contributed by atoms with E-state index in [9.17, 15) is 4.79 Å². The molecule has 0 saturated carbocycles. The van der Waals surface area contributed by atoms with Crippen LogP contribution in [0.4, 0.5) is 4.79 Å². The Morgan fingerprint density at radius 3 is 2.64 bits per heavy atom. The molecule has 1 aliphatic heterocycles. The number of nitrogens with zero attached hydrogens (tertiary/aromatic N) is 1. The van der Waals surface area contributed by atoms with Crippen molar-refractivity contribution in [2.75, 3.05) is 26.3 Å². The van der Waals surface area contributed by atoms with Crippen molar-refractivity contribution in [3.8, 4) is 0 Å². The predicted octanol–water partition coefficient (Wildman–Crippen LogP) is 1.24. The highest BCUT2D eigenvalue weighted by atomic mass is 16.6. The van der Waals surface area contributed by atoms with Crippen molar-refractivity contribution >= 4 is 6.09 Å². The van der Waals surface area contributed by atoms with E-state index >= 15 is 0 Å². The van der Waals surface area contributed by atoms with Crippen molar-refractivity contribution in [2.24, 2.45) is 5.92 Å². The minimum atomic E-state index is -0.284. The molecule has 82 valence electrons. The Kier molecular flexibility index (Phi) is 4.73. The average Bonchev–Trinajstić information content (AvgIpc) is 2.26. The Labute approximate surface area is 84.8 Å². The van der Waals surface area contributed by atoms with E-state index in [1.165, 1.54) is 6.42 Å². The maximum absolute atomic E-state index is 11.3. The van der Waals surface area contributed by atoms with Gasteiger partial charge in [0.15, 0.2) is 0 Å². The summed E-state index contributed by atoms with van der Waals surface area (Å²) in [6.45, 7) is 3.78.